The van der Waals surface area contributed by atoms with Crippen LogP contribution in [0.5, 0.6) is 0 Å². The van der Waals surface area contributed by atoms with Gasteiger partial charge in [0.15, 0.2) is 0 Å². The molecule has 0 bridgehead atoms. The highest BCUT2D eigenvalue weighted by Crippen LogP contribution is 2.46. The number of hydrogen-bond acceptors (Lipinski definition) is 1. The zero-order chi connectivity index (χ0) is 28.3. The van der Waals surface area contributed by atoms with Crippen LogP contribution in [0.25, 0.3) is 85.9 Å². The highest BCUT2D eigenvalue weighted by Gasteiger charge is 2.18. The maximum atomic E-state index is 2.42. The van der Waals surface area contributed by atoms with Crippen molar-refractivity contribution in [2.24, 2.45) is 0 Å². The number of thiophene rings is 1. The van der Waals surface area contributed by atoms with Gasteiger partial charge in [-0.3, -0.25) is 0 Å². The van der Waals surface area contributed by atoms with Crippen LogP contribution in [0.15, 0.2) is 158 Å². The number of benzene rings is 8. The Morgan fingerprint density at radius 2 is 0.837 bits per heavy atom. The van der Waals surface area contributed by atoms with Crippen molar-refractivity contribution < 1.29 is 0 Å². The second-order valence-electron chi connectivity index (χ2n) is 11.3. The molecule has 0 nitrogen and oxygen atoms in total. The Kier molecular flexibility index (Phi) is 5.47. The molecule has 1 heteroatoms. The van der Waals surface area contributed by atoms with Crippen LogP contribution in [-0.4, -0.2) is 0 Å². The van der Waals surface area contributed by atoms with Crippen molar-refractivity contribution in [1.29, 1.82) is 0 Å². The number of hydrogen-bond donors (Lipinski definition) is 0. The monoisotopic (exact) mass is 562 g/mol. The molecule has 0 aliphatic heterocycles. The van der Waals surface area contributed by atoms with Gasteiger partial charge >= 0.3 is 0 Å². The third-order valence-electron chi connectivity index (χ3n) is 8.84. The van der Waals surface area contributed by atoms with Crippen LogP contribution in [0.4, 0.5) is 0 Å². The summed E-state index contributed by atoms with van der Waals surface area (Å²) < 4.78 is 2.70. The molecular formula is C42H26S. The molecule has 0 aliphatic carbocycles. The smallest absolute Gasteiger partial charge is 0.0433 e. The van der Waals surface area contributed by atoms with Crippen LogP contribution in [-0.2, 0) is 0 Å². The lowest BCUT2D eigenvalue weighted by Gasteiger charge is -2.18. The van der Waals surface area contributed by atoms with E-state index in [0.29, 0.717) is 0 Å². The summed E-state index contributed by atoms with van der Waals surface area (Å²) in [5.74, 6) is 0. The molecule has 0 spiro atoms. The van der Waals surface area contributed by atoms with Crippen molar-refractivity contribution in [3.63, 3.8) is 0 Å². The Bertz CT molecular complexity index is 2440. The average molecular weight is 563 g/mol. The van der Waals surface area contributed by atoms with E-state index in [-0.39, 0.29) is 0 Å². The molecule has 200 valence electrons. The molecule has 1 heterocycles. The van der Waals surface area contributed by atoms with Gasteiger partial charge in [0.25, 0.3) is 0 Å². The van der Waals surface area contributed by atoms with E-state index in [2.05, 4.69) is 158 Å². The lowest BCUT2D eigenvalue weighted by molar-refractivity contribution is 1.61. The van der Waals surface area contributed by atoms with Gasteiger partial charge in [0.2, 0.25) is 0 Å². The molecular weight excluding hydrogens is 537 g/mol. The second-order valence-corrected chi connectivity index (χ2v) is 12.3. The lowest BCUT2D eigenvalue weighted by Crippen LogP contribution is -1.91. The van der Waals surface area contributed by atoms with Gasteiger partial charge in [-0.05, 0) is 77.8 Å². The second kappa shape index (κ2) is 9.66. The summed E-state index contributed by atoms with van der Waals surface area (Å²) in [4.78, 5) is 0. The minimum Gasteiger partial charge on any atom is -0.135 e. The third kappa shape index (κ3) is 3.82. The van der Waals surface area contributed by atoms with Crippen molar-refractivity contribution in [3.8, 4) is 33.4 Å². The van der Waals surface area contributed by atoms with E-state index in [1.54, 1.807) is 0 Å². The highest BCUT2D eigenvalue weighted by atomic mass is 32.1. The molecule has 0 fully saturated rings. The Morgan fingerprint density at radius 3 is 1.53 bits per heavy atom. The molecule has 0 saturated heterocycles. The van der Waals surface area contributed by atoms with Gasteiger partial charge in [0, 0.05) is 20.2 Å². The van der Waals surface area contributed by atoms with Crippen molar-refractivity contribution >= 4 is 63.8 Å². The Labute approximate surface area is 254 Å². The SMILES string of the molecule is c1ccc(-c2cccc(-c3c4ccccc4c(-c4ccc5c(c4)sc4c6ccccc6ccc54)c4ccccc34)c2)cc1. The molecule has 8 aromatic carbocycles. The fourth-order valence-corrected chi connectivity index (χ4v) is 8.17. The summed E-state index contributed by atoms with van der Waals surface area (Å²) >= 11 is 1.91. The first-order valence-electron chi connectivity index (χ1n) is 14.8. The van der Waals surface area contributed by atoms with E-state index in [0.717, 1.165) is 0 Å². The first kappa shape index (κ1) is 24.4. The van der Waals surface area contributed by atoms with E-state index in [1.807, 2.05) is 11.3 Å². The molecule has 0 saturated carbocycles. The normalized spacial score (nSPS) is 11.7. The molecule has 0 aliphatic rings. The van der Waals surface area contributed by atoms with Gasteiger partial charge in [0.1, 0.15) is 0 Å². The zero-order valence-electron chi connectivity index (χ0n) is 23.4. The molecule has 0 radical (unpaired) electrons. The van der Waals surface area contributed by atoms with Gasteiger partial charge in [-0.1, -0.05) is 146 Å². The Hall–Kier alpha value is -5.24. The predicted molar refractivity (Wildman–Crippen MR) is 188 cm³/mol. The van der Waals surface area contributed by atoms with Gasteiger partial charge in [-0.25, -0.2) is 0 Å². The fourth-order valence-electron chi connectivity index (χ4n) is 6.90. The quantitative estimate of drug-likeness (QED) is 0.188. The molecule has 9 aromatic rings. The summed E-state index contributed by atoms with van der Waals surface area (Å²) in [5.41, 5.74) is 7.57. The number of fused-ring (bicyclic) bond motifs is 7. The number of rotatable bonds is 3. The lowest BCUT2D eigenvalue weighted by atomic mass is 9.85. The molecule has 43 heavy (non-hydrogen) atoms. The van der Waals surface area contributed by atoms with E-state index < -0.39 is 0 Å². The summed E-state index contributed by atoms with van der Waals surface area (Å²) in [5, 5.41) is 10.4. The molecule has 1 aromatic heterocycles. The van der Waals surface area contributed by atoms with Crippen LogP contribution in [0.3, 0.4) is 0 Å². The maximum absolute atomic E-state index is 2.42. The molecule has 9 rings (SSSR count). The minimum atomic E-state index is 1.23. The van der Waals surface area contributed by atoms with E-state index in [1.165, 1.54) is 85.9 Å². The topological polar surface area (TPSA) is 0 Å². The largest absolute Gasteiger partial charge is 0.135 e. The third-order valence-corrected chi connectivity index (χ3v) is 10.0. The molecule has 0 atom stereocenters. The van der Waals surface area contributed by atoms with Crippen molar-refractivity contribution in [1.82, 2.24) is 0 Å². The molecule has 0 amide bonds. The first-order valence-corrected chi connectivity index (χ1v) is 15.6. The van der Waals surface area contributed by atoms with Crippen molar-refractivity contribution in [2.45, 2.75) is 0 Å². The van der Waals surface area contributed by atoms with Crippen molar-refractivity contribution in [2.75, 3.05) is 0 Å². The van der Waals surface area contributed by atoms with Crippen molar-refractivity contribution in [3.05, 3.63) is 158 Å². The van der Waals surface area contributed by atoms with Crippen LogP contribution < -0.4 is 0 Å². The van der Waals surface area contributed by atoms with Crippen LogP contribution in [0.1, 0.15) is 0 Å². The summed E-state index contributed by atoms with van der Waals surface area (Å²) in [7, 11) is 0. The van der Waals surface area contributed by atoms with Gasteiger partial charge in [-0.2, -0.15) is 0 Å². The zero-order valence-corrected chi connectivity index (χ0v) is 24.2. The van der Waals surface area contributed by atoms with Crippen LogP contribution in [0, 0.1) is 0 Å². The Balaban J connectivity index is 1.32. The summed E-state index contributed by atoms with van der Waals surface area (Å²) in [6.07, 6.45) is 0. The predicted octanol–water partition coefficient (Wildman–Crippen LogP) is 12.5. The Morgan fingerprint density at radius 1 is 0.302 bits per heavy atom. The molecule has 0 N–H and O–H groups in total. The van der Waals surface area contributed by atoms with E-state index in [4.69, 9.17) is 0 Å². The van der Waals surface area contributed by atoms with Gasteiger partial charge in [-0.15, -0.1) is 11.3 Å². The van der Waals surface area contributed by atoms with E-state index in [9.17, 15) is 0 Å². The van der Waals surface area contributed by atoms with Crippen LogP contribution in [0.2, 0.25) is 0 Å². The van der Waals surface area contributed by atoms with Gasteiger partial charge in [0.05, 0.1) is 0 Å². The first-order chi connectivity index (χ1) is 21.3. The fraction of sp³-hybridized carbons (Fsp3) is 0. The van der Waals surface area contributed by atoms with Gasteiger partial charge < -0.3 is 0 Å². The summed E-state index contributed by atoms with van der Waals surface area (Å²) in [6.45, 7) is 0. The molecule has 0 unspecified atom stereocenters. The van der Waals surface area contributed by atoms with Crippen LogP contribution >= 0.6 is 11.3 Å². The highest BCUT2D eigenvalue weighted by molar-refractivity contribution is 7.26. The standard InChI is InChI=1S/C42H26S/c1-2-11-27(12-3-1)29-14-10-15-30(25-29)40-34-17-6-8-19-36(34)41(37-20-9-7-18-35(37)40)31-22-23-33-38-24-21-28-13-4-5-16-32(28)42(38)43-39(33)26-31/h1-26H. The average Bonchev–Trinajstić information content (AvgIpc) is 3.46. The minimum absolute atomic E-state index is 1.23. The maximum Gasteiger partial charge on any atom is 0.0433 e. The summed E-state index contributed by atoms with van der Waals surface area (Å²) in [6, 6.07) is 57.9. The van der Waals surface area contributed by atoms with E-state index >= 15 is 0 Å².